The van der Waals surface area contributed by atoms with Crippen molar-refractivity contribution in [3.63, 3.8) is 0 Å². The lowest BCUT2D eigenvalue weighted by atomic mass is 10.3. The Kier molecular flexibility index (Phi) is 10.9. The van der Waals surface area contributed by atoms with Gasteiger partial charge in [0.05, 0.1) is 18.1 Å². The molecule has 1 aromatic carbocycles. The maximum Gasteiger partial charge on any atom is 0.192 e. The van der Waals surface area contributed by atoms with Crippen LogP contribution in [0.5, 0.6) is 5.75 Å². The van der Waals surface area contributed by atoms with Crippen LogP contribution >= 0.6 is 35.6 Å². The van der Waals surface area contributed by atoms with Gasteiger partial charge >= 0.3 is 0 Å². The van der Waals surface area contributed by atoms with E-state index in [1.165, 1.54) is 0 Å². The van der Waals surface area contributed by atoms with E-state index in [0.717, 1.165) is 6.54 Å². The monoisotopic (exact) mass is 421 g/mol. The number of halogens is 2. The Labute approximate surface area is 148 Å². The van der Waals surface area contributed by atoms with Crippen molar-refractivity contribution >= 4 is 41.5 Å². The van der Waals surface area contributed by atoms with Gasteiger partial charge in [-0.3, -0.25) is 0 Å². The second-order valence-electron chi connectivity index (χ2n) is 4.14. The molecule has 0 aliphatic heterocycles. The molecule has 0 aliphatic carbocycles. The van der Waals surface area contributed by atoms with Crippen LogP contribution in [0.25, 0.3) is 0 Å². The molecule has 0 radical (unpaired) electrons. The third-order valence-electron chi connectivity index (χ3n) is 2.37. The van der Waals surface area contributed by atoms with Gasteiger partial charge in [0.15, 0.2) is 5.96 Å². The van der Waals surface area contributed by atoms with Crippen LogP contribution in [0.15, 0.2) is 29.3 Å². The summed E-state index contributed by atoms with van der Waals surface area (Å²) in [6.07, 6.45) is 5.13. The van der Waals surface area contributed by atoms with Gasteiger partial charge in [0.25, 0.3) is 0 Å². The first-order valence-electron chi connectivity index (χ1n) is 6.54. The largest absolute Gasteiger partial charge is 0.487 e. The third kappa shape index (κ3) is 8.02. The molecule has 0 aromatic heterocycles. The highest BCUT2D eigenvalue weighted by Gasteiger charge is 2.06. The Morgan fingerprint density at radius 3 is 2.76 bits per heavy atom. The molecule has 2 N–H and O–H groups in total. The minimum Gasteiger partial charge on any atom is -0.487 e. The van der Waals surface area contributed by atoms with E-state index in [-0.39, 0.29) is 30.1 Å². The van der Waals surface area contributed by atoms with Crippen molar-refractivity contribution in [3.05, 3.63) is 29.3 Å². The second kappa shape index (κ2) is 11.5. The van der Waals surface area contributed by atoms with Crippen molar-refractivity contribution in [1.82, 2.24) is 10.6 Å². The quantitative estimate of drug-likeness (QED) is 0.321. The van der Waals surface area contributed by atoms with E-state index in [9.17, 15) is 0 Å². The van der Waals surface area contributed by atoms with Crippen LogP contribution in [-0.2, 0) is 0 Å². The number of nitrogens with zero attached hydrogens (tertiary/aromatic N) is 1. The summed E-state index contributed by atoms with van der Waals surface area (Å²) in [6, 6.07) is 7.39. The number of para-hydroxylation sites is 1. The lowest BCUT2D eigenvalue weighted by Crippen LogP contribution is -2.38. The number of terminal acetylenes is 1. The van der Waals surface area contributed by atoms with E-state index in [1.54, 1.807) is 6.07 Å². The summed E-state index contributed by atoms with van der Waals surface area (Å²) in [5.74, 6) is 3.86. The van der Waals surface area contributed by atoms with Crippen molar-refractivity contribution in [2.24, 2.45) is 4.99 Å². The van der Waals surface area contributed by atoms with E-state index in [4.69, 9.17) is 22.8 Å². The molecule has 0 saturated heterocycles. The Morgan fingerprint density at radius 2 is 2.14 bits per heavy atom. The summed E-state index contributed by atoms with van der Waals surface area (Å²) in [4.78, 5) is 4.41. The van der Waals surface area contributed by atoms with E-state index >= 15 is 0 Å². The topological polar surface area (TPSA) is 45.7 Å². The van der Waals surface area contributed by atoms with Gasteiger partial charge in [-0.1, -0.05) is 29.7 Å². The molecule has 0 saturated carbocycles. The molecule has 0 aliphatic rings. The van der Waals surface area contributed by atoms with E-state index < -0.39 is 0 Å². The summed E-state index contributed by atoms with van der Waals surface area (Å²) in [7, 11) is 0. The average molecular weight is 422 g/mol. The van der Waals surface area contributed by atoms with Gasteiger partial charge < -0.3 is 15.4 Å². The summed E-state index contributed by atoms with van der Waals surface area (Å²) in [5, 5.41) is 6.73. The second-order valence-corrected chi connectivity index (χ2v) is 4.54. The predicted octanol–water partition coefficient (Wildman–Crippen LogP) is 2.91. The van der Waals surface area contributed by atoms with E-state index in [0.29, 0.717) is 29.8 Å². The Bertz CT molecular complexity index is 488. The van der Waals surface area contributed by atoms with E-state index in [1.807, 2.05) is 32.0 Å². The zero-order valence-corrected chi connectivity index (χ0v) is 15.3. The standard InChI is InChI=1S/C15H20ClN3O.HI/c1-4-10-18-15(17-5-2)19-11-12(3)20-14-9-7-6-8-13(14)16;/h1,6-9,12H,5,10-11H2,2-3H3,(H2,17,18,19);1H. The number of guanidine groups is 1. The van der Waals surface area contributed by atoms with Crippen LogP contribution in [0, 0.1) is 12.3 Å². The highest BCUT2D eigenvalue weighted by Crippen LogP contribution is 2.24. The van der Waals surface area contributed by atoms with Gasteiger partial charge in [-0.15, -0.1) is 30.4 Å². The first kappa shape index (κ1) is 19.9. The molecule has 0 spiro atoms. The number of hydrogen-bond acceptors (Lipinski definition) is 2. The average Bonchev–Trinajstić information content (AvgIpc) is 2.44. The molecule has 4 nitrogen and oxygen atoms in total. The zero-order chi connectivity index (χ0) is 14.8. The van der Waals surface area contributed by atoms with Crippen LogP contribution in [0.3, 0.4) is 0 Å². The van der Waals surface area contributed by atoms with Gasteiger partial charge in [-0.2, -0.15) is 0 Å². The van der Waals surface area contributed by atoms with Gasteiger partial charge in [0.1, 0.15) is 11.9 Å². The molecule has 116 valence electrons. The molecule has 1 rings (SSSR count). The van der Waals surface area contributed by atoms with E-state index in [2.05, 4.69) is 21.5 Å². The lowest BCUT2D eigenvalue weighted by molar-refractivity contribution is 0.230. The maximum atomic E-state index is 6.04. The zero-order valence-electron chi connectivity index (χ0n) is 12.2. The van der Waals surface area contributed by atoms with Crippen LogP contribution in [0.1, 0.15) is 13.8 Å². The predicted molar refractivity (Wildman–Crippen MR) is 99.8 cm³/mol. The summed E-state index contributed by atoms with van der Waals surface area (Å²) in [6.45, 7) is 5.65. The highest BCUT2D eigenvalue weighted by molar-refractivity contribution is 14.0. The molecule has 0 bridgehead atoms. The van der Waals surface area contributed by atoms with Crippen molar-refractivity contribution in [3.8, 4) is 18.1 Å². The van der Waals surface area contributed by atoms with Crippen molar-refractivity contribution in [2.75, 3.05) is 19.6 Å². The number of ether oxygens (including phenoxy) is 1. The van der Waals surface area contributed by atoms with Crippen LogP contribution in [0.2, 0.25) is 5.02 Å². The molecular formula is C15H21ClIN3O. The molecule has 0 fully saturated rings. The van der Waals surface area contributed by atoms with Gasteiger partial charge in [-0.25, -0.2) is 4.99 Å². The minimum absolute atomic E-state index is 0. The number of hydrogen-bond donors (Lipinski definition) is 2. The number of nitrogens with one attached hydrogen (secondary N) is 2. The fourth-order valence-corrected chi connectivity index (χ4v) is 1.67. The Hall–Kier alpha value is -1.13. The minimum atomic E-state index is -0.0869. The summed E-state index contributed by atoms with van der Waals surface area (Å²) < 4.78 is 5.74. The molecule has 0 amide bonds. The highest BCUT2D eigenvalue weighted by atomic mass is 127. The molecule has 0 heterocycles. The normalized spacial score (nSPS) is 11.8. The van der Waals surface area contributed by atoms with Crippen LogP contribution < -0.4 is 15.4 Å². The first-order valence-corrected chi connectivity index (χ1v) is 6.92. The molecule has 6 heteroatoms. The Balaban J connectivity index is 0.00000400. The first-order chi connectivity index (χ1) is 9.67. The summed E-state index contributed by atoms with van der Waals surface area (Å²) in [5.41, 5.74) is 0. The lowest BCUT2D eigenvalue weighted by Gasteiger charge is -2.15. The number of rotatable bonds is 6. The summed E-state index contributed by atoms with van der Waals surface area (Å²) >= 11 is 6.04. The molecule has 1 unspecified atom stereocenters. The van der Waals surface area contributed by atoms with Crippen LogP contribution in [0.4, 0.5) is 0 Å². The number of aliphatic imine (C=N–C) groups is 1. The maximum absolute atomic E-state index is 6.04. The third-order valence-corrected chi connectivity index (χ3v) is 2.69. The molecule has 21 heavy (non-hydrogen) atoms. The number of benzene rings is 1. The smallest absolute Gasteiger partial charge is 0.192 e. The fourth-order valence-electron chi connectivity index (χ4n) is 1.49. The van der Waals surface area contributed by atoms with Crippen molar-refractivity contribution < 1.29 is 4.74 Å². The molecular weight excluding hydrogens is 401 g/mol. The van der Waals surface area contributed by atoms with Crippen LogP contribution in [-0.4, -0.2) is 31.7 Å². The SMILES string of the molecule is C#CCNC(=NCC(C)Oc1ccccc1Cl)NCC.I. The fraction of sp³-hybridized carbons (Fsp3) is 0.400. The van der Waals surface area contributed by atoms with Crippen molar-refractivity contribution in [1.29, 1.82) is 0 Å². The molecule has 1 atom stereocenters. The molecule has 1 aromatic rings. The van der Waals surface area contributed by atoms with Gasteiger partial charge in [-0.05, 0) is 26.0 Å². The van der Waals surface area contributed by atoms with Crippen molar-refractivity contribution in [2.45, 2.75) is 20.0 Å². The van der Waals surface area contributed by atoms with Gasteiger partial charge in [0, 0.05) is 6.54 Å². The Morgan fingerprint density at radius 1 is 1.43 bits per heavy atom. The van der Waals surface area contributed by atoms with Gasteiger partial charge in [0.2, 0.25) is 0 Å².